The number of ether oxygens (including phenoxy) is 2. The molecule has 64 heavy (non-hydrogen) atoms. The summed E-state index contributed by atoms with van der Waals surface area (Å²) in [5.74, 6) is 2.80. The van der Waals surface area contributed by atoms with Gasteiger partial charge in [-0.05, 0) is 145 Å². The Kier molecular flexibility index (Phi) is 8.26. The van der Waals surface area contributed by atoms with Gasteiger partial charge in [-0.3, -0.25) is 0 Å². The molecular weight excluding hydrogens is 779 g/mol. The lowest BCUT2D eigenvalue weighted by molar-refractivity contribution is 0.359. The fourth-order valence-corrected chi connectivity index (χ4v) is 10.8. The molecule has 9 aromatic carbocycles. The molecule has 3 nitrogen and oxygen atoms in total. The molecule has 0 fully saturated rings. The van der Waals surface area contributed by atoms with E-state index in [2.05, 4.69) is 229 Å². The van der Waals surface area contributed by atoms with Gasteiger partial charge in [0, 0.05) is 17.4 Å². The molecule has 1 unspecified atom stereocenters. The van der Waals surface area contributed by atoms with E-state index in [1.165, 1.54) is 44.5 Å². The summed E-state index contributed by atoms with van der Waals surface area (Å²) >= 11 is 0. The van der Waals surface area contributed by atoms with E-state index in [1.54, 1.807) is 0 Å². The van der Waals surface area contributed by atoms with Crippen molar-refractivity contribution in [3.8, 4) is 67.5 Å². The molecule has 0 bridgehead atoms. The van der Waals surface area contributed by atoms with Crippen LogP contribution < -0.4 is 14.4 Å². The monoisotopic (exact) mass is 819 g/mol. The Bertz CT molecular complexity index is 3330. The van der Waals surface area contributed by atoms with Crippen LogP contribution in [0.4, 0.5) is 17.1 Å². The van der Waals surface area contributed by atoms with Gasteiger partial charge < -0.3 is 14.4 Å². The van der Waals surface area contributed by atoms with Crippen molar-refractivity contribution in [3.05, 3.63) is 252 Å². The minimum absolute atomic E-state index is 0.434. The van der Waals surface area contributed by atoms with Crippen molar-refractivity contribution in [1.29, 1.82) is 0 Å². The van der Waals surface area contributed by atoms with E-state index in [9.17, 15) is 0 Å². The molecule has 0 amide bonds. The summed E-state index contributed by atoms with van der Waals surface area (Å²) in [6.07, 6.45) is 7.00. The smallest absolute Gasteiger partial charge is 0.172 e. The van der Waals surface area contributed by atoms with Crippen molar-refractivity contribution in [2.24, 2.45) is 0 Å². The third-order valence-corrected chi connectivity index (χ3v) is 13.5. The fraction of sp³-hybridized carbons (Fsp3) is 0.0492. The highest BCUT2D eigenvalue weighted by Crippen LogP contribution is 2.66. The molecule has 1 heterocycles. The van der Waals surface area contributed by atoms with Gasteiger partial charge in [0.15, 0.2) is 23.0 Å². The van der Waals surface area contributed by atoms with Crippen LogP contribution in [0.5, 0.6) is 23.0 Å². The van der Waals surface area contributed by atoms with E-state index >= 15 is 0 Å². The number of anilines is 3. The third-order valence-electron chi connectivity index (χ3n) is 13.5. The van der Waals surface area contributed by atoms with Crippen molar-refractivity contribution in [1.82, 2.24) is 0 Å². The standard InChI is InChI=1S/C61H41NO2/c1-4-17-40(18-5-1)43-23-16-24-46(34-43)62(48-35-44(41-19-6-2-7-20-41)33-45(36-48)42-21-8-3-9-22-42)47-31-32-57-58(37-47)64-60-39-56-52(38-59(60)63-57)51-27-12-15-30-55(51)61(56)53-28-13-10-25-49(53)50-26-11-14-29-54(50)61/h1-10,12-13,15-39H,11,14H2. The molecule has 13 rings (SSSR count). The first kappa shape index (κ1) is 36.5. The summed E-state index contributed by atoms with van der Waals surface area (Å²) in [4.78, 5) is 2.34. The van der Waals surface area contributed by atoms with Crippen molar-refractivity contribution in [2.45, 2.75) is 18.3 Å². The van der Waals surface area contributed by atoms with Crippen LogP contribution in [0, 0.1) is 0 Å². The number of hydrogen-bond donors (Lipinski definition) is 0. The second-order valence-corrected chi connectivity index (χ2v) is 17.1. The van der Waals surface area contributed by atoms with E-state index in [4.69, 9.17) is 9.47 Å². The summed E-state index contributed by atoms with van der Waals surface area (Å²) in [6.45, 7) is 0. The Morgan fingerprint density at radius 1 is 0.328 bits per heavy atom. The highest BCUT2D eigenvalue weighted by Gasteiger charge is 2.54. The number of allylic oxidation sites excluding steroid dienone is 4. The number of nitrogens with zero attached hydrogens (tertiary/aromatic N) is 1. The molecule has 0 aromatic heterocycles. The predicted octanol–water partition coefficient (Wildman–Crippen LogP) is 16.5. The second kappa shape index (κ2) is 14.5. The molecule has 0 saturated carbocycles. The quantitative estimate of drug-likeness (QED) is 0.167. The van der Waals surface area contributed by atoms with E-state index in [0.29, 0.717) is 11.5 Å². The average molecular weight is 820 g/mol. The SMILES string of the molecule is C1=C2C(=CCC1)C1(c3ccccc32)c2ccccc2-c2cc3c(cc21)Oc1cc(N(c2cccc(-c4ccccc4)c2)c2cc(-c4ccccc4)cc(-c4ccccc4)c2)ccc1O3. The molecule has 3 heteroatoms. The first-order valence-electron chi connectivity index (χ1n) is 22.2. The number of benzene rings is 9. The Morgan fingerprint density at radius 2 is 0.859 bits per heavy atom. The van der Waals surface area contributed by atoms with Crippen LogP contribution in [-0.4, -0.2) is 0 Å². The lowest BCUT2D eigenvalue weighted by Crippen LogP contribution is -2.26. The van der Waals surface area contributed by atoms with Crippen LogP contribution in [0.15, 0.2) is 230 Å². The Labute approximate surface area is 373 Å². The number of hydrogen-bond acceptors (Lipinski definition) is 3. The maximum atomic E-state index is 7.08. The zero-order valence-corrected chi connectivity index (χ0v) is 35.0. The van der Waals surface area contributed by atoms with Gasteiger partial charge in [0.1, 0.15) is 0 Å². The van der Waals surface area contributed by atoms with Crippen molar-refractivity contribution >= 4 is 22.6 Å². The van der Waals surface area contributed by atoms with Crippen LogP contribution in [0.25, 0.3) is 50.1 Å². The van der Waals surface area contributed by atoms with E-state index < -0.39 is 5.41 Å². The fourth-order valence-electron chi connectivity index (χ4n) is 10.8. The molecule has 4 aliphatic rings. The summed E-state index contributed by atoms with van der Waals surface area (Å²) in [5, 5.41) is 0. The maximum absolute atomic E-state index is 7.08. The highest BCUT2D eigenvalue weighted by atomic mass is 16.6. The largest absolute Gasteiger partial charge is 0.449 e. The molecule has 1 spiro atoms. The Morgan fingerprint density at radius 3 is 1.58 bits per heavy atom. The first-order valence-corrected chi connectivity index (χ1v) is 22.2. The van der Waals surface area contributed by atoms with Crippen LogP contribution >= 0.6 is 0 Å². The Hall–Kier alpha value is -8.14. The van der Waals surface area contributed by atoms with Gasteiger partial charge >= 0.3 is 0 Å². The summed E-state index contributed by atoms with van der Waals surface area (Å²) in [5.41, 5.74) is 19.9. The van der Waals surface area contributed by atoms with Crippen LogP contribution in [0.2, 0.25) is 0 Å². The van der Waals surface area contributed by atoms with Crippen molar-refractivity contribution < 1.29 is 9.47 Å². The van der Waals surface area contributed by atoms with Gasteiger partial charge in [0.2, 0.25) is 0 Å². The lowest BCUT2D eigenvalue weighted by atomic mass is 9.69. The van der Waals surface area contributed by atoms with Gasteiger partial charge in [0.05, 0.1) is 11.1 Å². The van der Waals surface area contributed by atoms with Gasteiger partial charge in [-0.15, -0.1) is 0 Å². The van der Waals surface area contributed by atoms with Gasteiger partial charge in [-0.2, -0.15) is 0 Å². The molecule has 1 atom stereocenters. The molecule has 302 valence electrons. The van der Waals surface area contributed by atoms with Gasteiger partial charge in [-0.1, -0.05) is 164 Å². The van der Waals surface area contributed by atoms with Gasteiger partial charge in [0.25, 0.3) is 0 Å². The second-order valence-electron chi connectivity index (χ2n) is 17.1. The minimum atomic E-state index is -0.434. The van der Waals surface area contributed by atoms with E-state index in [1.807, 2.05) is 0 Å². The molecule has 0 saturated heterocycles. The molecule has 9 aromatic rings. The lowest BCUT2D eigenvalue weighted by Gasteiger charge is -2.32. The zero-order chi connectivity index (χ0) is 42.2. The summed E-state index contributed by atoms with van der Waals surface area (Å²) < 4.78 is 13.9. The molecule has 1 aliphatic heterocycles. The highest BCUT2D eigenvalue weighted by molar-refractivity contribution is 6.01. The van der Waals surface area contributed by atoms with Gasteiger partial charge in [-0.25, -0.2) is 0 Å². The van der Waals surface area contributed by atoms with Crippen LogP contribution in [0.1, 0.15) is 35.1 Å². The Balaban J connectivity index is 0.974. The zero-order valence-electron chi connectivity index (χ0n) is 35.0. The van der Waals surface area contributed by atoms with Crippen molar-refractivity contribution in [3.63, 3.8) is 0 Å². The number of fused-ring (bicyclic) bond motifs is 12. The van der Waals surface area contributed by atoms with Crippen LogP contribution in [-0.2, 0) is 5.41 Å². The minimum Gasteiger partial charge on any atom is -0.449 e. The molecule has 0 radical (unpaired) electrons. The van der Waals surface area contributed by atoms with E-state index in [-0.39, 0.29) is 0 Å². The predicted molar refractivity (Wildman–Crippen MR) is 261 cm³/mol. The summed E-state index contributed by atoms with van der Waals surface area (Å²) in [6, 6.07) is 76.3. The third kappa shape index (κ3) is 5.60. The average Bonchev–Trinajstić information content (AvgIpc) is 3.83. The van der Waals surface area contributed by atoms with Crippen molar-refractivity contribution in [2.75, 3.05) is 4.90 Å². The summed E-state index contributed by atoms with van der Waals surface area (Å²) in [7, 11) is 0. The molecular formula is C61H41NO2. The number of rotatable bonds is 6. The topological polar surface area (TPSA) is 21.7 Å². The van der Waals surface area contributed by atoms with E-state index in [0.717, 1.165) is 74.8 Å². The maximum Gasteiger partial charge on any atom is 0.172 e. The molecule has 3 aliphatic carbocycles. The molecule has 0 N–H and O–H groups in total. The first-order chi connectivity index (χ1) is 31.7. The van der Waals surface area contributed by atoms with Crippen LogP contribution in [0.3, 0.4) is 0 Å². The normalized spacial score (nSPS) is 15.9.